The molecule has 0 saturated carbocycles. The Labute approximate surface area is 164 Å². The average molecular weight is 373 g/mol. The third kappa shape index (κ3) is 4.02. The minimum absolute atomic E-state index is 0.0107. The molecule has 1 aromatic carbocycles. The molecule has 0 spiro atoms. The summed E-state index contributed by atoms with van der Waals surface area (Å²) in [5.41, 5.74) is 3.01. The molecule has 2 N–H and O–H groups in total. The topological polar surface area (TPSA) is 70.2 Å². The van der Waals surface area contributed by atoms with Crippen LogP contribution in [0.5, 0.6) is 0 Å². The van der Waals surface area contributed by atoms with E-state index >= 15 is 0 Å². The van der Waals surface area contributed by atoms with Gasteiger partial charge in [-0.25, -0.2) is 4.79 Å². The van der Waals surface area contributed by atoms with Gasteiger partial charge in [0.05, 0.1) is 6.04 Å². The van der Waals surface area contributed by atoms with Gasteiger partial charge in [-0.3, -0.25) is 14.9 Å². The van der Waals surface area contributed by atoms with E-state index in [2.05, 4.69) is 20.6 Å². The number of aromatic nitrogens is 2. The molecule has 1 saturated heterocycles. The fourth-order valence-electron chi connectivity index (χ4n) is 3.41. The molecule has 2 amide bonds. The SMILES string of the molecule is O=C(NCC(c1cccnc1)c1cccnc1)N(c1ccccc1)C1CNC1. The second-order valence-electron chi connectivity index (χ2n) is 6.83. The molecule has 0 unspecified atom stereocenters. The summed E-state index contributed by atoms with van der Waals surface area (Å²) in [5, 5.41) is 6.38. The highest BCUT2D eigenvalue weighted by molar-refractivity contribution is 5.93. The van der Waals surface area contributed by atoms with Crippen molar-refractivity contribution in [1.82, 2.24) is 20.6 Å². The lowest BCUT2D eigenvalue weighted by Gasteiger charge is -2.38. The smallest absolute Gasteiger partial charge is 0.322 e. The highest BCUT2D eigenvalue weighted by Gasteiger charge is 2.30. The Balaban J connectivity index is 1.53. The number of urea groups is 1. The maximum Gasteiger partial charge on any atom is 0.322 e. The molecule has 0 bridgehead atoms. The Kier molecular flexibility index (Phi) is 5.58. The molecule has 0 atom stereocenters. The first-order valence-corrected chi connectivity index (χ1v) is 9.45. The van der Waals surface area contributed by atoms with Crippen LogP contribution in [0.2, 0.25) is 0 Å². The van der Waals surface area contributed by atoms with E-state index in [1.807, 2.05) is 71.9 Å². The van der Waals surface area contributed by atoms with E-state index in [1.54, 1.807) is 12.4 Å². The predicted octanol–water partition coefficient (Wildman–Crippen LogP) is 2.80. The fraction of sp³-hybridized carbons (Fsp3) is 0.227. The number of hydrogen-bond acceptors (Lipinski definition) is 4. The van der Waals surface area contributed by atoms with Gasteiger partial charge in [-0.15, -0.1) is 0 Å². The van der Waals surface area contributed by atoms with Crippen LogP contribution in [-0.4, -0.2) is 41.7 Å². The maximum absolute atomic E-state index is 13.1. The van der Waals surface area contributed by atoms with Gasteiger partial charge in [0.1, 0.15) is 0 Å². The lowest BCUT2D eigenvalue weighted by Crippen LogP contribution is -2.61. The fourth-order valence-corrected chi connectivity index (χ4v) is 3.41. The van der Waals surface area contributed by atoms with Crippen LogP contribution in [0, 0.1) is 0 Å². The van der Waals surface area contributed by atoms with E-state index < -0.39 is 0 Å². The van der Waals surface area contributed by atoms with Gasteiger partial charge < -0.3 is 10.6 Å². The molecular formula is C22H23N5O. The van der Waals surface area contributed by atoms with Crippen molar-refractivity contribution in [1.29, 1.82) is 0 Å². The molecule has 4 rings (SSSR count). The first-order valence-electron chi connectivity index (χ1n) is 9.45. The monoisotopic (exact) mass is 373 g/mol. The molecular weight excluding hydrogens is 350 g/mol. The van der Waals surface area contributed by atoms with Crippen molar-refractivity contribution in [2.75, 3.05) is 24.5 Å². The molecule has 6 heteroatoms. The second-order valence-corrected chi connectivity index (χ2v) is 6.83. The summed E-state index contributed by atoms with van der Waals surface area (Å²) in [6.45, 7) is 2.08. The van der Waals surface area contributed by atoms with Gasteiger partial charge in [0, 0.05) is 56.0 Å². The molecule has 1 aliphatic rings. The summed E-state index contributed by atoms with van der Waals surface area (Å²) in [6.07, 6.45) is 7.19. The van der Waals surface area contributed by atoms with Gasteiger partial charge in [0.2, 0.25) is 0 Å². The van der Waals surface area contributed by atoms with Crippen LogP contribution in [0.3, 0.4) is 0 Å². The molecule has 3 heterocycles. The number of carbonyl (C=O) groups is 1. The number of nitrogens with zero attached hydrogens (tertiary/aromatic N) is 3. The molecule has 2 aromatic heterocycles. The van der Waals surface area contributed by atoms with Crippen molar-refractivity contribution >= 4 is 11.7 Å². The van der Waals surface area contributed by atoms with Crippen LogP contribution in [0.4, 0.5) is 10.5 Å². The third-order valence-corrected chi connectivity index (χ3v) is 5.01. The van der Waals surface area contributed by atoms with E-state index in [0.29, 0.717) is 6.54 Å². The molecule has 28 heavy (non-hydrogen) atoms. The zero-order valence-electron chi connectivity index (χ0n) is 15.5. The predicted molar refractivity (Wildman–Crippen MR) is 109 cm³/mol. The average Bonchev–Trinajstić information content (AvgIpc) is 2.73. The Bertz CT molecular complexity index is 845. The summed E-state index contributed by atoms with van der Waals surface area (Å²) >= 11 is 0. The van der Waals surface area contributed by atoms with Crippen molar-refractivity contribution in [2.24, 2.45) is 0 Å². The van der Waals surface area contributed by atoms with Gasteiger partial charge in [-0.05, 0) is 35.4 Å². The van der Waals surface area contributed by atoms with Crippen molar-refractivity contribution in [3.05, 3.63) is 90.5 Å². The third-order valence-electron chi connectivity index (χ3n) is 5.01. The van der Waals surface area contributed by atoms with Crippen LogP contribution >= 0.6 is 0 Å². The number of hydrogen-bond donors (Lipinski definition) is 2. The van der Waals surface area contributed by atoms with Gasteiger partial charge in [0.15, 0.2) is 0 Å². The first kappa shape index (κ1) is 18.1. The molecule has 1 aliphatic heterocycles. The Morgan fingerprint density at radius 1 is 1.00 bits per heavy atom. The molecule has 3 aromatic rings. The maximum atomic E-state index is 13.1. The summed E-state index contributed by atoms with van der Waals surface area (Å²) in [5.74, 6) is -0.0107. The lowest BCUT2D eigenvalue weighted by molar-refractivity contribution is 0.240. The number of carbonyl (C=O) groups excluding carboxylic acids is 1. The standard InChI is InChI=1S/C22H23N5O/c28-22(27(20-14-25-15-20)19-8-2-1-3-9-19)26-16-21(17-6-4-10-23-12-17)18-7-5-11-24-13-18/h1-13,20-21,25H,14-16H2,(H,26,28). The summed E-state index contributed by atoms with van der Waals surface area (Å²) in [6, 6.07) is 17.8. The highest BCUT2D eigenvalue weighted by atomic mass is 16.2. The minimum atomic E-state index is -0.0875. The first-order chi connectivity index (χ1) is 13.8. The molecule has 6 nitrogen and oxygen atoms in total. The summed E-state index contributed by atoms with van der Waals surface area (Å²) in [4.78, 5) is 23.4. The van der Waals surface area contributed by atoms with Gasteiger partial charge in [0.25, 0.3) is 0 Å². The minimum Gasteiger partial charge on any atom is -0.337 e. The molecule has 0 aliphatic carbocycles. The zero-order chi connectivity index (χ0) is 19.2. The largest absolute Gasteiger partial charge is 0.337 e. The molecule has 0 radical (unpaired) electrons. The molecule has 142 valence electrons. The van der Waals surface area contributed by atoms with Crippen LogP contribution in [0.15, 0.2) is 79.4 Å². The van der Waals surface area contributed by atoms with Crippen molar-refractivity contribution in [3.8, 4) is 0 Å². The van der Waals surface area contributed by atoms with E-state index in [0.717, 1.165) is 29.9 Å². The molecule has 1 fully saturated rings. The number of pyridine rings is 2. The van der Waals surface area contributed by atoms with Crippen molar-refractivity contribution in [3.63, 3.8) is 0 Å². The normalized spacial score (nSPS) is 13.8. The van der Waals surface area contributed by atoms with Crippen LogP contribution in [-0.2, 0) is 0 Å². The van der Waals surface area contributed by atoms with E-state index in [1.165, 1.54) is 0 Å². The number of benzene rings is 1. The van der Waals surface area contributed by atoms with Gasteiger partial charge >= 0.3 is 6.03 Å². The van der Waals surface area contributed by atoms with Gasteiger partial charge in [-0.2, -0.15) is 0 Å². The van der Waals surface area contributed by atoms with Crippen LogP contribution in [0.1, 0.15) is 17.0 Å². The number of anilines is 1. The van der Waals surface area contributed by atoms with Crippen LogP contribution < -0.4 is 15.5 Å². The Hall–Kier alpha value is -3.25. The Morgan fingerprint density at radius 2 is 1.64 bits per heavy atom. The number of rotatable bonds is 6. The van der Waals surface area contributed by atoms with E-state index in [4.69, 9.17) is 0 Å². The lowest BCUT2D eigenvalue weighted by atomic mass is 9.93. The number of amides is 2. The highest BCUT2D eigenvalue weighted by Crippen LogP contribution is 2.23. The van der Waals surface area contributed by atoms with Gasteiger partial charge in [-0.1, -0.05) is 30.3 Å². The number of para-hydroxylation sites is 1. The van der Waals surface area contributed by atoms with Crippen molar-refractivity contribution in [2.45, 2.75) is 12.0 Å². The quantitative estimate of drug-likeness (QED) is 0.697. The van der Waals surface area contributed by atoms with E-state index in [9.17, 15) is 4.79 Å². The second kappa shape index (κ2) is 8.63. The van der Waals surface area contributed by atoms with E-state index in [-0.39, 0.29) is 18.0 Å². The van der Waals surface area contributed by atoms with Crippen LogP contribution in [0.25, 0.3) is 0 Å². The zero-order valence-corrected chi connectivity index (χ0v) is 15.5. The van der Waals surface area contributed by atoms with Crippen molar-refractivity contribution < 1.29 is 4.79 Å². The summed E-state index contributed by atoms with van der Waals surface area (Å²) < 4.78 is 0. The number of nitrogens with one attached hydrogen (secondary N) is 2. The Morgan fingerprint density at radius 3 is 2.14 bits per heavy atom. The summed E-state index contributed by atoms with van der Waals surface area (Å²) in [7, 11) is 0.